The highest BCUT2D eigenvalue weighted by Crippen LogP contribution is 2.31. The van der Waals surface area contributed by atoms with E-state index in [2.05, 4.69) is 10.3 Å². The second-order valence-electron chi connectivity index (χ2n) is 5.20. The normalized spacial score (nSPS) is 10.8. The van der Waals surface area contributed by atoms with E-state index >= 15 is 0 Å². The van der Waals surface area contributed by atoms with Crippen LogP contribution in [-0.2, 0) is 11.3 Å². The molecular formula is C18H17ClN2O2S2. The summed E-state index contributed by atoms with van der Waals surface area (Å²) in [5.74, 6) is 1.12. The van der Waals surface area contributed by atoms with Crippen LogP contribution in [0.4, 0.5) is 0 Å². The second kappa shape index (κ2) is 8.56. The monoisotopic (exact) mass is 392 g/mol. The van der Waals surface area contributed by atoms with Crippen molar-refractivity contribution < 1.29 is 9.53 Å². The van der Waals surface area contributed by atoms with Gasteiger partial charge in [-0.15, -0.1) is 11.3 Å². The number of nitrogens with zero attached hydrogens (tertiary/aromatic N) is 1. The number of ether oxygens (including phenoxy) is 1. The molecule has 0 fully saturated rings. The van der Waals surface area contributed by atoms with E-state index in [1.54, 1.807) is 11.3 Å². The maximum atomic E-state index is 12.0. The molecule has 3 aromatic rings. The Morgan fingerprint density at radius 1 is 1.32 bits per heavy atom. The molecule has 0 bridgehead atoms. The number of fused-ring (bicyclic) bond motifs is 1. The van der Waals surface area contributed by atoms with Gasteiger partial charge in [0.25, 0.3) is 0 Å². The van der Waals surface area contributed by atoms with Gasteiger partial charge in [-0.2, -0.15) is 0 Å². The number of thiazole rings is 1. The van der Waals surface area contributed by atoms with Gasteiger partial charge in [-0.05, 0) is 36.8 Å². The van der Waals surface area contributed by atoms with Crippen LogP contribution in [0.15, 0.2) is 46.8 Å². The van der Waals surface area contributed by atoms with Crippen LogP contribution in [0.3, 0.4) is 0 Å². The van der Waals surface area contributed by atoms with E-state index in [1.807, 2.05) is 49.4 Å². The third kappa shape index (κ3) is 4.87. The average Bonchev–Trinajstić information content (AvgIpc) is 3.02. The van der Waals surface area contributed by atoms with E-state index in [-0.39, 0.29) is 5.91 Å². The molecule has 0 saturated carbocycles. The first-order valence-electron chi connectivity index (χ1n) is 7.82. The summed E-state index contributed by atoms with van der Waals surface area (Å²) in [7, 11) is 0. The Labute approximate surface area is 159 Å². The molecule has 0 aliphatic carbocycles. The lowest BCUT2D eigenvalue weighted by atomic mass is 10.2. The Kier molecular flexibility index (Phi) is 6.18. The highest BCUT2D eigenvalue weighted by molar-refractivity contribution is 8.01. The molecule has 1 amide bonds. The van der Waals surface area contributed by atoms with Crippen LogP contribution in [-0.4, -0.2) is 23.3 Å². The molecule has 1 N–H and O–H groups in total. The van der Waals surface area contributed by atoms with E-state index in [9.17, 15) is 4.79 Å². The molecule has 0 atom stereocenters. The lowest BCUT2D eigenvalue weighted by Crippen LogP contribution is -2.24. The molecule has 130 valence electrons. The fraction of sp³-hybridized carbons (Fsp3) is 0.222. The lowest BCUT2D eigenvalue weighted by molar-refractivity contribution is -0.118. The summed E-state index contributed by atoms with van der Waals surface area (Å²) in [6.45, 7) is 3.02. The highest BCUT2D eigenvalue weighted by Gasteiger charge is 2.09. The minimum atomic E-state index is -0.0424. The Balaban J connectivity index is 1.55. The number of halogens is 1. The fourth-order valence-corrected chi connectivity index (χ4v) is 4.35. The average molecular weight is 393 g/mol. The first-order chi connectivity index (χ1) is 12.2. The number of amides is 1. The van der Waals surface area contributed by atoms with Crippen LogP contribution >= 0.6 is 34.7 Å². The first-order valence-corrected chi connectivity index (χ1v) is 10.00. The number of hydrogen-bond acceptors (Lipinski definition) is 5. The molecule has 1 heterocycles. The number of carbonyl (C=O) groups excluding carboxylic acids is 1. The third-order valence-electron chi connectivity index (χ3n) is 3.41. The molecule has 2 aromatic carbocycles. The van der Waals surface area contributed by atoms with Gasteiger partial charge < -0.3 is 10.1 Å². The number of nitrogens with one attached hydrogen (secondary N) is 1. The standard InChI is InChI=1S/C18H17ClN2O2S2/c1-2-23-13-7-8-15-16(9-13)25-18(21-15)24-11-17(22)20-10-12-5-3-4-6-14(12)19/h3-9H,2,10-11H2,1H3,(H,20,22). The molecule has 7 heteroatoms. The van der Waals surface area contributed by atoms with Crippen molar-refractivity contribution in [3.8, 4) is 5.75 Å². The quantitative estimate of drug-likeness (QED) is 0.589. The van der Waals surface area contributed by atoms with Gasteiger partial charge in [0, 0.05) is 11.6 Å². The van der Waals surface area contributed by atoms with Crippen LogP contribution in [0.2, 0.25) is 5.02 Å². The molecule has 25 heavy (non-hydrogen) atoms. The molecule has 0 saturated heterocycles. The number of benzene rings is 2. The fourth-order valence-electron chi connectivity index (χ4n) is 2.22. The van der Waals surface area contributed by atoms with Crippen LogP contribution in [0, 0.1) is 0 Å². The Morgan fingerprint density at radius 3 is 2.96 bits per heavy atom. The molecule has 0 unspecified atom stereocenters. The summed E-state index contributed by atoms with van der Waals surface area (Å²) in [6, 6.07) is 13.3. The number of rotatable bonds is 7. The second-order valence-corrected chi connectivity index (χ2v) is 7.86. The van der Waals surface area contributed by atoms with Gasteiger partial charge in [-0.25, -0.2) is 4.98 Å². The molecule has 0 aliphatic rings. The van der Waals surface area contributed by atoms with Crippen molar-refractivity contribution in [1.29, 1.82) is 0 Å². The molecule has 1 aromatic heterocycles. The minimum Gasteiger partial charge on any atom is -0.494 e. The summed E-state index contributed by atoms with van der Waals surface area (Å²) >= 11 is 9.09. The highest BCUT2D eigenvalue weighted by atomic mass is 35.5. The molecule has 4 nitrogen and oxygen atoms in total. The van der Waals surface area contributed by atoms with Crippen LogP contribution in [0.25, 0.3) is 10.2 Å². The molecule has 3 rings (SSSR count). The van der Waals surface area contributed by atoms with E-state index in [0.717, 1.165) is 25.9 Å². The Hall–Kier alpha value is -1.76. The third-order valence-corrected chi connectivity index (χ3v) is 5.94. The summed E-state index contributed by atoms with van der Waals surface area (Å²) in [5.41, 5.74) is 1.83. The Bertz CT molecular complexity index is 882. The van der Waals surface area contributed by atoms with Crippen molar-refractivity contribution in [2.45, 2.75) is 17.8 Å². The summed E-state index contributed by atoms with van der Waals surface area (Å²) in [4.78, 5) is 16.6. The largest absolute Gasteiger partial charge is 0.494 e. The number of carbonyl (C=O) groups is 1. The van der Waals surface area contributed by atoms with Gasteiger partial charge in [0.1, 0.15) is 5.75 Å². The van der Waals surface area contributed by atoms with Gasteiger partial charge in [0.2, 0.25) is 5.91 Å². The van der Waals surface area contributed by atoms with Crippen molar-refractivity contribution in [2.24, 2.45) is 0 Å². The zero-order valence-electron chi connectivity index (χ0n) is 13.6. The predicted octanol–water partition coefficient (Wildman–Crippen LogP) is 4.76. The molecule has 0 spiro atoms. The summed E-state index contributed by atoms with van der Waals surface area (Å²) < 4.78 is 7.43. The number of aromatic nitrogens is 1. The zero-order valence-corrected chi connectivity index (χ0v) is 16.0. The zero-order chi connectivity index (χ0) is 17.6. The van der Waals surface area contributed by atoms with E-state index < -0.39 is 0 Å². The van der Waals surface area contributed by atoms with Crippen molar-refractivity contribution >= 4 is 50.8 Å². The maximum absolute atomic E-state index is 12.0. The van der Waals surface area contributed by atoms with E-state index in [0.29, 0.717) is 23.9 Å². The first kappa shape index (κ1) is 18.0. The number of hydrogen-bond donors (Lipinski definition) is 1. The van der Waals surface area contributed by atoms with Crippen molar-refractivity contribution in [3.63, 3.8) is 0 Å². The molecular weight excluding hydrogens is 376 g/mol. The maximum Gasteiger partial charge on any atom is 0.230 e. The van der Waals surface area contributed by atoms with Crippen molar-refractivity contribution in [3.05, 3.63) is 53.1 Å². The van der Waals surface area contributed by atoms with E-state index in [1.165, 1.54) is 11.8 Å². The minimum absolute atomic E-state index is 0.0424. The van der Waals surface area contributed by atoms with Crippen LogP contribution in [0.5, 0.6) is 5.75 Å². The predicted molar refractivity (Wildman–Crippen MR) is 105 cm³/mol. The smallest absolute Gasteiger partial charge is 0.230 e. The van der Waals surface area contributed by atoms with Gasteiger partial charge in [-0.3, -0.25) is 4.79 Å². The topological polar surface area (TPSA) is 51.2 Å². The van der Waals surface area contributed by atoms with Gasteiger partial charge >= 0.3 is 0 Å². The number of thioether (sulfide) groups is 1. The summed E-state index contributed by atoms with van der Waals surface area (Å²) in [6.07, 6.45) is 0. The van der Waals surface area contributed by atoms with Crippen molar-refractivity contribution in [1.82, 2.24) is 10.3 Å². The van der Waals surface area contributed by atoms with Crippen LogP contribution < -0.4 is 10.1 Å². The van der Waals surface area contributed by atoms with Gasteiger partial charge in [0.15, 0.2) is 4.34 Å². The summed E-state index contributed by atoms with van der Waals surface area (Å²) in [5, 5.41) is 3.54. The Morgan fingerprint density at radius 2 is 2.16 bits per heavy atom. The van der Waals surface area contributed by atoms with Gasteiger partial charge in [-0.1, -0.05) is 41.6 Å². The molecule has 0 radical (unpaired) electrons. The van der Waals surface area contributed by atoms with E-state index in [4.69, 9.17) is 16.3 Å². The molecule has 0 aliphatic heterocycles. The van der Waals surface area contributed by atoms with Gasteiger partial charge in [0.05, 0.1) is 22.6 Å². The lowest BCUT2D eigenvalue weighted by Gasteiger charge is -2.06. The van der Waals surface area contributed by atoms with Crippen LogP contribution in [0.1, 0.15) is 12.5 Å². The van der Waals surface area contributed by atoms with Crippen molar-refractivity contribution in [2.75, 3.05) is 12.4 Å². The SMILES string of the molecule is CCOc1ccc2nc(SCC(=O)NCc3ccccc3Cl)sc2c1.